The van der Waals surface area contributed by atoms with Crippen molar-refractivity contribution in [3.8, 4) is 5.75 Å². The van der Waals surface area contributed by atoms with Crippen LogP contribution in [0, 0.1) is 0 Å². The van der Waals surface area contributed by atoms with E-state index in [0.29, 0.717) is 6.54 Å². The van der Waals surface area contributed by atoms with Gasteiger partial charge in [-0.1, -0.05) is 12.1 Å². The van der Waals surface area contributed by atoms with Gasteiger partial charge in [0, 0.05) is 25.0 Å². The fraction of sp³-hybridized carbons (Fsp3) is 0.400. The van der Waals surface area contributed by atoms with Crippen molar-refractivity contribution in [3.63, 3.8) is 0 Å². The Bertz CT molecular complexity index is 496. The normalized spacial score (nSPS) is 13.9. The van der Waals surface area contributed by atoms with E-state index in [9.17, 15) is 5.11 Å². The lowest BCUT2D eigenvalue weighted by molar-refractivity contribution is 0.169. The minimum Gasteiger partial charge on any atom is -0.497 e. The predicted octanol–water partition coefficient (Wildman–Crippen LogP) is 1.60. The van der Waals surface area contributed by atoms with Gasteiger partial charge in [0.05, 0.1) is 19.8 Å². The van der Waals surface area contributed by atoms with Gasteiger partial charge in [-0.3, -0.25) is 4.68 Å². The molecule has 5 heteroatoms. The summed E-state index contributed by atoms with van der Waals surface area (Å²) in [7, 11) is 1.63. The molecular formula is C15H21N3O2. The molecule has 5 nitrogen and oxygen atoms in total. The van der Waals surface area contributed by atoms with Gasteiger partial charge in [-0.2, -0.15) is 5.10 Å². The van der Waals surface area contributed by atoms with Gasteiger partial charge >= 0.3 is 0 Å². The molecule has 0 amide bonds. The Morgan fingerprint density at radius 3 is 2.70 bits per heavy atom. The Morgan fingerprint density at radius 1 is 1.35 bits per heavy atom. The van der Waals surface area contributed by atoms with Crippen molar-refractivity contribution in [2.24, 2.45) is 0 Å². The Kier molecular flexibility index (Phi) is 5.15. The Balaban J connectivity index is 1.80. The van der Waals surface area contributed by atoms with Crippen LogP contribution in [-0.2, 0) is 6.54 Å². The number of methoxy groups -OCH3 is 1. The van der Waals surface area contributed by atoms with Crippen LogP contribution in [0.5, 0.6) is 5.75 Å². The molecule has 0 aliphatic heterocycles. The van der Waals surface area contributed by atoms with Crippen molar-refractivity contribution in [2.75, 3.05) is 13.7 Å². The molecule has 108 valence electrons. The van der Waals surface area contributed by atoms with Crippen molar-refractivity contribution in [1.82, 2.24) is 15.1 Å². The first-order chi connectivity index (χ1) is 9.69. The van der Waals surface area contributed by atoms with E-state index in [4.69, 9.17) is 4.74 Å². The van der Waals surface area contributed by atoms with Crippen LogP contribution in [0.25, 0.3) is 0 Å². The summed E-state index contributed by atoms with van der Waals surface area (Å²) in [6.07, 6.45) is 3.16. The van der Waals surface area contributed by atoms with Crippen LogP contribution in [0.15, 0.2) is 42.7 Å². The Hall–Kier alpha value is -1.85. The van der Waals surface area contributed by atoms with E-state index in [-0.39, 0.29) is 6.04 Å². The lowest BCUT2D eigenvalue weighted by atomic mass is 10.1. The topological polar surface area (TPSA) is 59.3 Å². The second-order valence-electron chi connectivity index (χ2n) is 4.83. The smallest absolute Gasteiger partial charge is 0.118 e. The highest BCUT2D eigenvalue weighted by atomic mass is 16.5. The third kappa shape index (κ3) is 4.08. The summed E-state index contributed by atoms with van der Waals surface area (Å²) in [5.74, 6) is 0.793. The van der Waals surface area contributed by atoms with Gasteiger partial charge in [0.25, 0.3) is 0 Å². The molecule has 1 heterocycles. The van der Waals surface area contributed by atoms with Crippen LogP contribution in [0.2, 0.25) is 0 Å². The molecule has 0 radical (unpaired) electrons. The van der Waals surface area contributed by atoms with Crippen molar-refractivity contribution in [2.45, 2.75) is 25.6 Å². The molecule has 0 unspecified atom stereocenters. The number of aliphatic hydroxyl groups excluding tert-OH is 1. The van der Waals surface area contributed by atoms with E-state index in [1.165, 1.54) is 0 Å². The minimum absolute atomic E-state index is 0.239. The number of hydrogen-bond donors (Lipinski definition) is 2. The highest BCUT2D eigenvalue weighted by Crippen LogP contribution is 2.17. The molecule has 0 fully saturated rings. The first kappa shape index (κ1) is 14.6. The number of hydrogen-bond acceptors (Lipinski definition) is 4. The highest BCUT2D eigenvalue weighted by Gasteiger charge is 2.10. The second-order valence-corrected chi connectivity index (χ2v) is 4.83. The molecule has 1 aromatic heterocycles. The summed E-state index contributed by atoms with van der Waals surface area (Å²) in [6.45, 7) is 3.36. The van der Waals surface area contributed by atoms with Crippen molar-refractivity contribution < 1.29 is 9.84 Å². The summed E-state index contributed by atoms with van der Waals surface area (Å²) < 4.78 is 6.97. The zero-order chi connectivity index (χ0) is 14.4. The van der Waals surface area contributed by atoms with E-state index in [0.717, 1.165) is 17.9 Å². The molecule has 0 bridgehead atoms. The fourth-order valence-electron chi connectivity index (χ4n) is 2.01. The predicted molar refractivity (Wildman–Crippen MR) is 77.6 cm³/mol. The molecule has 0 aliphatic rings. The zero-order valence-electron chi connectivity index (χ0n) is 11.9. The maximum Gasteiger partial charge on any atom is 0.118 e. The lowest BCUT2D eigenvalue weighted by Gasteiger charge is -2.17. The highest BCUT2D eigenvalue weighted by molar-refractivity contribution is 5.28. The molecule has 20 heavy (non-hydrogen) atoms. The maximum atomic E-state index is 10.1. The van der Waals surface area contributed by atoms with Crippen molar-refractivity contribution in [1.29, 1.82) is 0 Å². The molecule has 2 atom stereocenters. The standard InChI is InChI=1S/C15H21N3O2/c1-12(11-18-9-3-8-17-18)16-10-15(19)13-4-6-14(20-2)7-5-13/h3-9,12,15-16,19H,10-11H2,1-2H3/t12-,15-/m0/s1. The first-order valence-corrected chi connectivity index (χ1v) is 6.72. The molecule has 0 saturated carbocycles. The summed E-state index contributed by atoms with van der Waals surface area (Å²) in [6, 6.07) is 9.60. The van der Waals surface area contributed by atoms with Crippen LogP contribution in [-0.4, -0.2) is 34.6 Å². The largest absolute Gasteiger partial charge is 0.497 e. The zero-order valence-corrected chi connectivity index (χ0v) is 11.9. The average molecular weight is 275 g/mol. The molecule has 2 rings (SSSR count). The third-order valence-corrected chi connectivity index (χ3v) is 3.18. The number of ether oxygens (including phenoxy) is 1. The van der Waals surface area contributed by atoms with Crippen LogP contribution in [0.1, 0.15) is 18.6 Å². The number of benzene rings is 1. The number of nitrogens with zero attached hydrogens (tertiary/aromatic N) is 2. The third-order valence-electron chi connectivity index (χ3n) is 3.18. The molecular weight excluding hydrogens is 254 g/mol. The quantitative estimate of drug-likeness (QED) is 0.806. The molecule has 2 N–H and O–H groups in total. The van der Waals surface area contributed by atoms with E-state index < -0.39 is 6.10 Å². The van der Waals surface area contributed by atoms with E-state index in [1.807, 2.05) is 41.2 Å². The number of aromatic nitrogens is 2. The summed E-state index contributed by atoms with van der Waals surface area (Å²) >= 11 is 0. The number of nitrogens with one attached hydrogen (secondary N) is 1. The molecule has 0 aliphatic carbocycles. The average Bonchev–Trinajstić information content (AvgIpc) is 2.97. The molecule has 1 aromatic carbocycles. The molecule has 0 saturated heterocycles. The fourth-order valence-corrected chi connectivity index (χ4v) is 2.01. The minimum atomic E-state index is -0.527. The lowest BCUT2D eigenvalue weighted by Crippen LogP contribution is -2.33. The van der Waals surface area contributed by atoms with Crippen molar-refractivity contribution >= 4 is 0 Å². The van der Waals surface area contributed by atoms with Crippen molar-refractivity contribution in [3.05, 3.63) is 48.3 Å². The SMILES string of the molecule is COc1ccc([C@@H](O)CN[C@@H](C)Cn2cccn2)cc1. The summed E-state index contributed by atoms with van der Waals surface area (Å²) in [5.41, 5.74) is 0.879. The molecule has 0 spiro atoms. The van der Waals surface area contributed by atoms with E-state index in [2.05, 4.69) is 17.3 Å². The van der Waals surface area contributed by atoms with E-state index in [1.54, 1.807) is 13.3 Å². The van der Waals surface area contributed by atoms with Gasteiger partial charge in [-0.15, -0.1) is 0 Å². The first-order valence-electron chi connectivity index (χ1n) is 6.72. The van der Waals surface area contributed by atoms with Crippen LogP contribution in [0.4, 0.5) is 0 Å². The van der Waals surface area contributed by atoms with Gasteiger partial charge in [-0.25, -0.2) is 0 Å². The van der Waals surface area contributed by atoms with E-state index >= 15 is 0 Å². The molecule has 2 aromatic rings. The van der Waals surface area contributed by atoms with Crippen LogP contribution in [0.3, 0.4) is 0 Å². The van der Waals surface area contributed by atoms with Crippen LogP contribution < -0.4 is 10.1 Å². The Labute approximate surface area is 119 Å². The van der Waals surface area contributed by atoms with Gasteiger partial charge in [-0.05, 0) is 30.7 Å². The van der Waals surface area contributed by atoms with Crippen LogP contribution >= 0.6 is 0 Å². The monoisotopic (exact) mass is 275 g/mol. The summed E-state index contributed by atoms with van der Waals surface area (Å²) in [5, 5.41) is 17.6. The van der Waals surface area contributed by atoms with Gasteiger partial charge in [0.2, 0.25) is 0 Å². The Morgan fingerprint density at radius 2 is 2.10 bits per heavy atom. The van der Waals surface area contributed by atoms with Gasteiger partial charge in [0.15, 0.2) is 0 Å². The van der Waals surface area contributed by atoms with Gasteiger partial charge in [0.1, 0.15) is 5.75 Å². The van der Waals surface area contributed by atoms with Gasteiger partial charge < -0.3 is 15.2 Å². The second kappa shape index (κ2) is 7.07. The number of aliphatic hydroxyl groups is 1. The number of rotatable bonds is 7. The summed E-state index contributed by atoms with van der Waals surface area (Å²) in [4.78, 5) is 0. The maximum absolute atomic E-state index is 10.1.